The summed E-state index contributed by atoms with van der Waals surface area (Å²) in [6.07, 6.45) is 1.88. The molecule has 0 aliphatic carbocycles. The zero-order chi connectivity index (χ0) is 14.1. The molecule has 0 radical (unpaired) electrons. The van der Waals surface area contributed by atoms with E-state index in [0.717, 1.165) is 0 Å². The van der Waals surface area contributed by atoms with E-state index in [0.29, 0.717) is 25.5 Å². The summed E-state index contributed by atoms with van der Waals surface area (Å²) in [5, 5.41) is 0. The molecule has 1 atom stereocenters. The smallest absolute Gasteiger partial charge is 0.263 e. The molecule has 108 valence electrons. The van der Waals surface area contributed by atoms with Gasteiger partial charge in [0, 0.05) is 19.4 Å². The van der Waals surface area contributed by atoms with Crippen LogP contribution in [0.1, 0.15) is 26.5 Å². The lowest BCUT2D eigenvalue weighted by Crippen LogP contribution is -2.20. The van der Waals surface area contributed by atoms with Crippen LogP contribution in [-0.4, -0.2) is 30.8 Å². The van der Waals surface area contributed by atoms with Gasteiger partial charge in [0.2, 0.25) is 6.03 Å². The maximum atomic E-state index is 13.0. The molecular formula is C13H22NO4P. The highest BCUT2D eigenvalue weighted by atomic mass is 31.2. The number of ether oxygens (including phenoxy) is 2. The largest absolute Gasteiger partial charge is 0.345 e. The van der Waals surface area contributed by atoms with E-state index in [1.165, 1.54) is 0 Å². The summed E-state index contributed by atoms with van der Waals surface area (Å²) in [7, 11) is -3.09. The van der Waals surface area contributed by atoms with Crippen molar-refractivity contribution in [3.8, 4) is 0 Å². The van der Waals surface area contributed by atoms with Gasteiger partial charge in [-0.05, 0) is 32.9 Å². The van der Waals surface area contributed by atoms with Crippen molar-refractivity contribution in [3.63, 3.8) is 0 Å². The second-order valence-corrected chi connectivity index (χ2v) is 6.29. The van der Waals surface area contributed by atoms with E-state index in [-0.39, 0.29) is 6.16 Å². The predicted molar refractivity (Wildman–Crippen MR) is 74.2 cm³/mol. The first-order valence-corrected chi connectivity index (χ1v) is 8.40. The van der Waals surface area contributed by atoms with Crippen molar-refractivity contribution in [1.29, 1.82) is 0 Å². The molecule has 0 aliphatic rings. The number of nitrogens with zero attached hydrogens (tertiary/aromatic N) is 1. The summed E-state index contributed by atoms with van der Waals surface area (Å²) < 4.78 is 29.3. The van der Waals surface area contributed by atoms with Crippen LogP contribution in [0.5, 0.6) is 0 Å². The van der Waals surface area contributed by atoms with Crippen LogP contribution in [-0.2, 0) is 24.7 Å². The summed E-state index contributed by atoms with van der Waals surface area (Å²) in [4.78, 5) is 4.19. The van der Waals surface area contributed by atoms with Crippen LogP contribution in [0, 0.1) is 0 Å². The number of pyridine rings is 1. The fraction of sp³-hybridized carbons (Fsp3) is 0.615. The van der Waals surface area contributed by atoms with Crippen LogP contribution in [0.2, 0.25) is 0 Å². The minimum absolute atomic E-state index is 0.215. The minimum atomic E-state index is -3.09. The Hall–Kier alpha value is -0.740. The number of hydrogen-bond donors (Lipinski definition) is 0. The molecule has 0 aliphatic heterocycles. The Bertz CT molecular complexity index is 393. The lowest BCUT2D eigenvalue weighted by molar-refractivity contribution is -0.0890. The van der Waals surface area contributed by atoms with Gasteiger partial charge >= 0.3 is 0 Å². The van der Waals surface area contributed by atoms with Crippen LogP contribution >= 0.6 is 7.37 Å². The summed E-state index contributed by atoms with van der Waals surface area (Å²) >= 11 is 0. The molecule has 0 saturated carbocycles. The highest BCUT2D eigenvalue weighted by molar-refractivity contribution is 7.58. The molecule has 0 saturated heterocycles. The first kappa shape index (κ1) is 16.3. The normalized spacial score (nSPS) is 14.5. The predicted octanol–water partition coefficient (Wildman–Crippen LogP) is 3.25. The van der Waals surface area contributed by atoms with Crippen LogP contribution in [0.4, 0.5) is 0 Å². The van der Waals surface area contributed by atoms with Crippen LogP contribution < -0.4 is 0 Å². The Kier molecular flexibility index (Phi) is 7.24. The van der Waals surface area contributed by atoms with Gasteiger partial charge in [-0.25, -0.2) is 0 Å². The van der Waals surface area contributed by atoms with Gasteiger partial charge in [0.1, 0.15) is 0 Å². The van der Waals surface area contributed by atoms with Crippen molar-refractivity contribution in [2.75, 3.05) is 19.8 Å². The van der Waals surface area contributed by atoms with E-state index in [1.807, 2.05) is 32.0 Å². The van der Waals surface area contributed by atoms with Crippen molar-refractivity contribution in [2.24, 2.45) is 0 Å². The first-order valence-electron chi connectivity index (χ1n) is 6.52. The number of hydrogen-bond acceptors (Lipinski definition) is 5. The van der Waals surface area contributed by atoms with Crippen LogP contribution in [0.25, 0.3) is 0 Å². The molecule has 1 aromatic rings. The Balaban J connectivity index is 2.90. The van der Waals surface area contributed by atoms with Crippen molar-refractivity contribution in [1.82, 2.24) is 4.98 Å². The van der Waals surface area contributed by atoms with E-state index >= 15 is 0 Å². The first-order chi connectivity index (χ1) is 9.16. The van der Waals surface area contributed by atoms with Crippen molar-refractivity contribution >= 4 is 7.37 Å². The second kappa shape index (κ2) is 8.43. The van der Waals surface area contributed by atoms with E-state index < -0.39 is 13.4 Å². The quantitative estimate of drug-likeness (QED) is 0.515. The molecule has 5 nitrogen and oxygen atoms in total. The van der Waals surface area contributed by atoms with Crippen molar-refractivity contribution in [2.45, 2.75) is 33.0 Å². The molecule has 0 unspecified atom stereocenters. The Morgan fingerprint density at radius 2 is 1.84 bits per heavy atom. The Morgan fingerprint density at radius 3 is 2.32 bits per heavy atom. The fourth-order valence-corrected chi connectivity index (χ4v) is 3.87. The zero-order valence-corrected chi connectivity index (χ0v) is 12.6. The van der Waals surface area contributed by atoms with Gasteiger partial charge in [-0.2, -0.15) is 0 Å². The van der Waals surface area contributed by atoms with Gasteiger partial charge in [0.05, 0.1) is 18.5 Å². The van der Waals surface area contributed by atoms with Crippen molar-refractivity contribution < 1.29 is 18.6 Å². The highest BCUT2D eigenvalue weighted by Crippen LogP contribution is 2.55. The Labute approximate surface area is 114 Å². The average molecular weight is 287 g/mol. The molecule has 0 aromatic carbocycles. The van der Waals surface area contributed by atoms with Gasteiger partial charge in [0.15, 0.2) is 0 Å². The third-order valence-corrected chi connectivity index (χ3v) is 4.80. The fourth-order valence-electron chi connectivity index (χ4n) is 1.68. The van der Waals surface area contributed by atoms with E-state index in [1.54, 1.807) is 13.1 Å². The second-order valence-electron chi connectivity index (χ2n) is 3.84. The summed E-state index contributed by atoms with van der Waals surface area (Å²) in [5.74, 6) is 0. The third kappa shape index (κ3) is 5.03. The standard InChI is InChI=1S/C13H22NO4P/c1-4-16-13(17-5-2)19(15,18-6-3)11-12-9-7-8-10-14-12/h7-10,13H,4-6,11H2,1-3H3/t19-/m1/s1. The van der Waals surface area contributed by atoms with Gasteiger partial charge in [-0.1, -0.05) is 6.07 Å². The zero-order valence-electron chi connectivity index (χ0n) is 11.7. The van der Waals surface area contributed by atoms with Crippen LogP contribution in [0.15, 0.2) is 24.4 Å². The number of aromatic nitrogens is 1. The minimum Gasteiger partial charge on any atom is -0.345 e. The van der Waals surface area contributed by atoms with E-state index in [9.17, 15) is 4.57 Å². The van der Waals surface area contributed by atoms with Gasteiger partial charge in [0.25, 0.3) is 7.37 Å². The molecular weight excluding hydrogens is 265 g/mol. The monoisotopic (exact) mass is 287 g/mol. The SMILES string of the molecule is CCOC(OCC)[P@@](=O)(Cc1ccccn1)OCC. The maximum absolute atomic E-state index is 13.0. The van der Waals surface area contributed by atoms with E-state index in [2.05, 4.69) is 4.98 Å². The molecule has 19 heavy (non-hydrogen) atoms. The summed E-state index contributed by atoms with van der Waals surface area (Å²) in [5.41, 5.74) is 0.712. The molecule has 6 heteroatoms. The summed E-state index contributed by atoms with van der Waals surface area (Å²) in [6.45, 7) is 6.67. The third-order valence-electron chi connectivity index (χ3n) is 2.40. The molecule has 0 spiro atoms. The summed E-state index contributed by atoms with van der Waals surface area (Å²) in [6, 6.07) is 4.66. The molecule has 0 N–H and O–H groups in total. The molecule has 0 fully saturated rings. The maximum Gasteiger partial charge on any atom is 0.263 e. The molecule has 0 bridgehead atoms. The van der Waals surface area contributed by atoms with E-state index in [4.69, 9.17) is 14.0 Å². The molecule has 1 aromatic heterocycles. The number of rotatable bonds is 9. The van der Waals surface area contributed by atoms with Gasteiger partial charge in [-0.15, -0.1) is 0 Å². The molecule has 0 amide bonds. The Morgan fingerprint density at radius 1 is 1.16 bits per heavy atom. The molecule has 1 heterocycles. The molecule has 1 rings (SSSR count). The lowest BCUT2D eigenvalue weighted by atomic mass is 10.4. The average Bonchev–Trinajstić information content (AvgIpc) is 2.40. The topological polar surface area (TPSA) is 57.7 Å². The lowest BCUT2D eigenvalue weighted by Gasteiger charge is -2.26. The van der Waals surface area contributed by atoms with Crippen LogP contribution in [0.3, 0.4) is 0 Å². The van der Waals surface area contributed by atoms with Crippen molar-refractivity contribution in [3.05, 3.63) is 30.1 Å². The highest BCUT2D eigenvalue weighted by Gasteiger charge is 2.36. The van der Waals surface area contributed by atoms with Gasteiger partial charge in [-0.3, -0.25) is 9.55 Å². The van der Waals surface area contributed by atoms with Gasteiger partial charge < -0.3 is 14.0 Å².